The first-order chi connectivity index (χ1) is 10.8. The Morgan fingerprint density at radius 3 is 2.87 bits per heavy atom. The molecule has 2 aliphatic carbocycles. The van der Waals surface area contributed by atoms with E-state index in [2.05, 4.69) is 27.4 Å². The van der Waals surface area contributed by atoms with Crippen molar-refractivity contribution in [1.29, 1.82) is 0 Å². The van der Waals surface area contributed by atoms with Crippen LogP contribution in [0.2, 0.25) is 0 Å². The van der Waals surface area contributed by atoms with Crippen molar-refractivity contribution in [3.63, 3.8) is 0 Å². The maximum Gasteiger partial charge on any atom is 0.333 e. The van der Waals surface area contributed by atoms with E-state index in [0.717, 1.165) is 25.0 Å². The predicted octanol–water partition coefficient (Wildman–Crippen LogP) is 3.36. The van der Waals surface area contributed by atoms with Crippen LogP contribution in [0.15, 0.2) is 22.8 Å². The third kappa shape index (κ3) is 1.84. The highest BCUT2D eigenvalue weighted by Gasteiger charge is 2.75. The molecule has 0 N–H and O–H groups in total. The SMILES string of the molecule is C=C(C)C(=O)O[C@H]1C[C@H](C)[C@@]2(C)Cc3c(C)coc3C[C@]23O[C@H]13. The van der Waals surface area contributed by atoms with Crippen molar-refractivity contribution in [2.24, 2.45) is 11.3 Å². The average Bonchev–Trinajstić information content (AvgIpc) is 3.12. The van der Waals surface area contributed by atoms with E-state index in [1.54, 1.807) is 6.92 Å². The summed E-state index contributed by atoms with van der Waals surface area (Å²) < 4.78 is 17.7. The van der Waals surface area contributed by atoms with E-state index in [9.17, 15) is 4.79 Å². The van der Waals surface area contributed by atoms with Gasteiger partial charge in [0.2, 0.25) is 0 Å². The lowest BCUT2D eigenvalue weighted by atomic mass is 9.54. The molecule has 1 aromatic rings. The number of carbonyl (C=O) groups excluding carboxylic acids is 1. The van der Waals surface area contributed by atoms with Crippen LogP contribution in [0, 0.1) is 18.3 Å². The Morgan fingerprint density at radius 1 is 1.43 bits per heavy atom. The van der Waals surface area contributed by atoms with Crippen molar-refractivity contribution in [2.75, 3.05) is 0 Å². The van der Waals surface area contributed by atoms with Crippen LogP contribution in [0.25, 0.3) is 0 Å². The third-order valence-corrected chi connectivity index (χ3v) is 6.48. The lowest BCUT2D eigenvalue weighted by molar-refractivity contribution is -0.148. The summed E-state index contributed by atoms with van der Waals surface area (Å²) >= 11 is 0. The summed E-state index contributed by atoms with van der Waals surface area (Å²) in [4.78, 5) is 11.9. The van der Waals surface area contributed by atoms with Crippen molar-refractivity contribution >= 4 is 5.97 Å². The van der Waals surface area contributed by atoms with E-state index in [4.69, 9.17) is 13.9 Å². The second kappa shape index (κ2) is 4.50. The van der Waals surface area contributed by atoms with Gasteiger partial charge in [-0.1, -0.05) is 20.4 Å². The van der Waals surface area contributed by atoms with Crippen LogP contribution in [-0.4, -0.2) is 23.8 Å². The molecule has 1 spiro atoms. The summed E-state index contributed by atoms with van der Waals surface area (Å²) in [6, 6.07) is 0. The van der Waals surface area contributed by atoms with Gasteiger partial charge in [-0.15, -0.1) is 0 Å². The fourth-order valence-electron chi connectivity index (χ4n) is 4.71. The zero-order valence-corrected chi connectivity index (χ0v) is 14.3. The number of furan rings is 1. The minimum atomic E-state index is -0.318. The molecular formula is C19H24O4. The number of aryl methyl sites for hydroxylation is 1. The Labute approximate surface area is 136 Å². The van der Waals surface area contributed by atoms with Gasteiger partial charge in [-0.3, -0.25) is 0 Å². The van der Waals surface area contributed by atoms with E-state index < -0.39 is 0 Å². The van der Waals surface area contributed by atoms with E-state index in [1.165, 1.54) is 11.1 Å². The number of epoxide rings is 1. The molecule has 0 unspecified atom stereocenters. The van der Waals surface area contributed by atoms with Crippen molar-refractivity contribution in [3.8, 4) is 0 Å². The number of carbonyl (C=O) groups is 1. The highest BCUT2D eigenvalue weighted by molar-refractivity contribution is 5.87. The molecule has 0 radical (unpaired) electrons. The van der Waals surface area contributed by atoms with Crippen LogP contribution in [0.5, 0.6) is 0 Å². The molecule has 4 heteroatoms. The highest BCUT2D eigenvalue weighted by atomic mass is 16.6. The van der Waals surface area contributed by atoms with Crippen LogP contribution >= 0.6 is 0 Å². The Hall–Kier alpha value is -1.55. The number of rotatable bonds is 2. The topological polar surface area (TPSA) is 52.0 Å². The standard InChI is InChI=1S/C19H24O4/c1-10(2)17(20)22-14-6-12(4)18(5)7-13-11(3)9-21-15(13)8-19(18)16(14)23-19/h9,12,14,16H,1,6-8H2,2-5H3/t12-,14-,16+,18+,19+/m0/s1. The van der Waals surface area contributed by atoms with Gasteiger partial charge in [-0.2, -0.15) is 0 Å². The number of ether oxygens (including phenoxy) is 2. The van der Waals surface area contributed by atoms with Gasteiger partial charge in [-0.05, 0) is 43.7 Å². The van der Waals surface area contributed by atoms with Gasteiger partial charge >= 0.3 is 5.97 Å². The normalized spacial score (nSPS) is 40.6. The first kappa shape index (κ1) is 15.0. The van der Waals surface area contributed by atoms with Crippen LogP contribution < -0.4 is 0 Å². The summed E-state index contributed by atoms with van der Waals surface area (Å²) in [5.74, 6) is 1.13. The maximum absolute atomic E-state index is 11.9. The van der Waals surface area contributed by atoms with Crippen LogP contribution in [0.1, 0.15) is 44.1 Å². The van der Waals surface area contributed by atoms with Crippen molar-refractivity contribution in [3.05, 3.63) is 35.3 Å². The molecule has 4 rings (SSSR count). The second-order valence-electron chi connectivity index (χ2n) is 7.88. The average molecular weight is 316 g/mol. The number of fused-ring (bicyclic) bond motifs is 1. The molecule has 1 aromatic heterocycles. The summed E-state index contributed by atoms with van der Waals surface area (Å²) in [6.07, 6.45) is 4.24. The van der Waals surface area contributed by atoms with Crippen LogP contribution in [-0.2, 0) is 27.1 Å². The van der Waals surface area contributed by atoms with Crippen molar-refractivity contribution in [1.82, 2.24) is 0 Å². The molecule has 0 bridgehead atoms. The molecule has 5 atom stereocenters. The molecule has 2 fully saturated rings. The van der Waals surface area contributed by atoms with E-state index in [0.29, 0.717) is 11.5 Å². The minimum Gasteiger partial charge on any atom is -0.469 e. The summed E-state index contributed by atoms with van der Waals surface area (Å²) in [7, 11) is 0. The molecule has 124 valence electrons. The molecule has 4 nitrogen and oxygen atoms in total. The molecule has 0 amide bonds. The number of hydrogen-bond acceptors (Lipinski definition) is 4. The van der Waals surface area contributed by atoms with E-state index in [-0.39, 0.29) is 29.2 Å². The van der Waals surface area contributed by atoms with Gasteiger partial charge in [0, 0.05) is 17.4 Å². The van der Waals surface area contributed by atoms with Crippen molar-refractivity contribution < 1.29 is 18.7 Å². The van der Waals surface area contributed by atoms with Crippen molar-refractivity contribution in [2.45, 2.75) is 64.8 Å². The molecule has 1 saturated carbocycles. The number of esters is 1. The van der Waals surface area contributed by atoms with Crippen LogP contribution in [0.3, 0.4) is 0 Å². The maximum atomic E-state index is 11.9. The van der Waals surface area contributed by atoms with Crippen LogP contribution in [0.4, 0.5) is 0 Å². The first-order valence-electron chi connectivity index (χ1n) is 8.38. The fraction of sp³-hybridized carbons (Fsp3) is 0.632. The minimum absolute atomic E-state index is 0.0226. The predicted molar refractivity (Wildman–Crippen MR) is 85.0 cm³/mol. The molecule has 1 saturated heterocycles. The smallest absolute Gasteiger partial charge is 0.333 e. The van der Waals surface area contributed by atoms with Gasteiger partial charge in [0.15, 0.2) is 0 Å². The zero-order chi connectivity index (χ0) is 16.6. The first-order valence-corrected chi connectivity index (χ1v) is 8.38. The van der Waals surface area contributed by atoms with Gasteiger partial charge in [0.25, 0.3) is 0 Å². The highest BCUT2D eigenvalue weighted by Crippen LogP contribution is 2.65. The molecule has 0 aromatic carbocycles. The van der Waals surface area contributed by atoms with Gasteiger partial charge in [0.05, 0.1) is 6.26 Å². The summed E-state index contributed by atoms with van der Waals surface area (Å²) in [5, 5.41) is 0. The van der Waals surface area contributed by atoms with E-state index in [1.807, 2.05) is 6.26 Å². The van der Waals surface area contributed by atoms with Gasteiger partial charge in [0.1, 0.15) is 23.6 Å². The molecule has 23 heavy (non-hydrogen) atoms. The van der Waals surface area contributed by atoms with E-state index >= 15 is 0 Å². The van der Waals surface area contributed by atoms with Gasteiger partial charge < -0.3 is 13.9 Å². The Morgan fingerprint density at radius 2 is 2.17 bits per heavy atom. The lowest BCUT2D eigenvalue weighted by Crippen LogP contribution is -2.55. The number of hydrogen-bond donors (Lipinski definition) is 0. The monoisotopic (exact) mass is 316 g/mol. The van der Waals surface area contributed by atoms with Gasteiger partial charge in [-0.25, -0.2) is 4.79 Å². The fourth-order valence-corrected chi connectivity index (χ4v) is 4.71. The second-order valence-corrected chi connectivity index (χ2v) is 7.88. The largest absolute Gasteiger partial charge is 0.469 e. The molecule has 3 aliphatic rings. The zero-order valence-electron chi connectivity index (χ0n) is 14.3. The lowest BCUT2D eigenvalue weighted by Gasteiger charge is -2.48. The summed E-state index contributed by atoms with van der Waals surface area (Å²) in [5.41, 5.74) is 2.83. The summed E-state index contributed by atoms with van der Waals surface area (Å²) in [6.45, 7) is 12.0. The Bertz CT molecular complexity index is 702. The molecule has 1 aliphatic heterocycles. The molecular weight excluding hydrogens is 292 g/mol. The third-order valence-electron chi connectivity index (χ3n) is 6.48. The quantitative estimate of drug-likeness (QED) is 0.477. The Balaban J connectivity index is 1.66. The molecule has 2 heterocycles. The Kier molecular flexibility index (Phi) is 2.94.